The predicted octanol–water partition coefficient (Wildman–Crippen LogP) is 3.07. The summed E-state index contributed by atoms with van der Waals surface area (Å²) in [5, 5.41) is 25.2. The molecule has 1 aromatic carbocycles. The number of nitrogens with zero attached hydrogens (tertiary/aromatic N) is 1. The van der Waals surface area contributed by atoms with Crippen molar-refractivity contribution in [2.45, 2.75) is 27.2 Å². The smallest absolute Gasteiger partial charge is 0.353 e. The van der Waals surface area contributed by atoms with Crippen LogP contribution in [0.5, 0.6) is 5.75 Å². The van der Waals surface area contributed by atoms with Crippen molar-refractivity contribution in [3.8, 4) is 17.0 Å². The van der Waals surface area contributed by atoms with Crippen molar-refractivity contribution in [3.05, 3.63) is 35.5 Å². The highest BCUT2D eigenvalue weighted by Gasteiger charge is 2.16. The number of phenolic OH excluding ortho intramolecular Hbond substituents is 1. The van der Waals surface area contributed by atoms with E-state index in [-0.39, 0.29) is 16.9 Å². The number of phenols is 1. The maximum atomic E-state index is 10.9. The molecule has 0 radical (unpaired) electrons. The summed E-state index contributed by atoms with van der Waals surface area (Å²) in [7, 11) is 0. The molecule has 0 saturated carbocycles. The third kappa shape index (κ3) is 3.17. The molecule has 2 aromatic rings. The van der Waals surface area contributed by atoms with Gasteiger partial charge in [0.05, 0.1) is 5.69 Å². The van der Waals surface area contributed by atoms with Gasteiger partial charge in [-0.2, -0.15) is 5.10 Å². The highest BCUT2D eigenvalue weighted by molar-refractivity contribution is 5.87. The Morgan fingerprint density at radius 1 is 1.30 bits per heavy atom. The maximum Gasteiger partial charge on any atom is 0.353 e. The van der Waals surface area contributed by atoms with Crippen LogP contribution in [-0.2, 0) is 6.42 Å². The van der Waals surface area contributed by atoms with Crippen molar-refractivity contribution in [2.75, 3.05) is 0 Å². The van der Waals surface area contributed by atoms with Crippen LogP contribution in [0.3, 0.4) is 0 Å². The minimum atomic E-state index is -1.07. The Morgan fingerprint density at radius 3 is 2.55 bits per heavy atom. The number of benzene rings is 1. The Balaban J connectivity index is 2.39. The van der Waals surface area contributed by atoms with E-state index in [4.69, 9.17) is 5.11 Å². The number of carboxylic acids is 1. The number of aromatic carboxylic acids is 1. The Hall–Kier alpha value is -2.30. The molecule has 1 heterocycles. The second-order valence-electron chi connectivity index (χ2n) is 6.06. The van der Waals surface area contributed by atoms with Crippen molar-refractivity contribution < 1.29 is 15.0 Å². The molecule has 0 unspecified atom stereocenters. The molecule has 0 saturated heterocycles. The number of nitrogens with one attached hydrogen (secondary N) is 1. The van der Waals surface area contributed by atoms with Gasteiger partial charge in [-0.1, -0.05) is 26.8 Å². The number of hydrogen-bond donors (Lipinski definition) is 3. The number of aromatic amines is 1. The fraction of sp³-hybridized carbons (Fsp3) is 0.333. The molecule has 20 heavy (non-hydrogen) atoms. The van der Waals surface area contributed by atoms with Crippen LogP contribution < -0.4 is 0 Å². The summed E-state index contributed by atoms with van der Waals surface area (Å²) in [5.41, 5.74) is 2.17. The molecule has 0 fully saturated rings. The lowest BCUT2D eigenvalue weighted by atomic mass is 9.87. The van der Waals surface area contributed by atoms with Crippen molar-refractivity contribution in [1.82, 2.24) is 10.2 Å². The second kappa shape index (κ2) is 5.00. The average molecular weight is 274 g/mol. The topological polar surface area (TPSA) is 86.2 Å². The fourth-order valence-electron chi connectivity index (χ4n) is 2.08. The number of hydrogen-bond acceptors (Lipinski definition) is 3. The molecule has 0 bridgehead atoms. The zero-order valence-corrected chi connectivity index (χ0v) is 11.8. The second-order valence-corrected chi connectivity index (χ2v) is 6.06. The van der Waals surface area contributed by atoms with E-state index in [0.717, 1.165) is 12.0 Å². The van der Waals surface area contributed by atoms with E-state index >= 15 is 0 Å². The lowest BCUT2D eigenvalue weighted by Gasteiger charge is -2.18. The van der Waals surface area contributed by atoms with E-state index < -0.39 is 5.97 Å². The summed E-state index contributed by atoms with van der Waals surface area (Å²) < 4.78 is 0. The van der Waals surface area contributed by atoms with Gasteiger partial charge in [0.1, 0.15) is 11.4 Å². The molecule has 0 spiro atoms. The Labute approximate surface area is 117 Å². The van der Waals surface area contributed by atoms with Gasteiger partial charge in [-0.05, 0) is 35.6 Å². The van der Waals surface area contributed by atoms with Crippen molar-refractivity contribution in [1.29, 1.82) is 0 Å². The summed E-state index contributed by atoms with van der Waals surface area (Å²) in [6, 6.07) is 6.75. The molecule has 5 nitrogen and oxygen atoms in total. The minimum Gasteiger partial charge on any atom is -0.507 e. The van der Waals surface area contributed by atoms with Crippen LogP contribution in [-0.4, -0.2) is 26.4 Å². The highest BCUT2D eigenvalue weighted by Crippen LogP contribution is 2.31. The summed E-state index contributed by atoms with van der Waals surface area (Å²) in [6.07, 6.45) is 0.858. The zero-order chi connectivity index (χ0) is 14.9. The predicted molar refractivity (Wildman–Crippen MR) is 75.8 cm³/mol. The molecule has 0 aliphatic rings. The molecule has 0 aliphatic carbocycles. The van der Waals surface area contributed by atoms with Crippen LogP contribution in [0.2, 0.25) is 0 Å². The molecule has 5 heteroatoms. The first-order chi connectivity index (χ1) is 9.26. The Morgan fingerprint density at radius 2 is 2.00 bits per heavy atom. The van der Waals surface area contributed by atoms with Gasteiger partial charge in [0.25, 0.3) is 0 Å². The number of rotatable bonds is 3. The van der Waals surface area contributed by atoms with Crippen LogP contribution in [0.4, 0.5) is 0 Å². The van der Waals surface area contributed by atoms with E-state index in [2.05, 4.69) is 31.0 Å². The standard InChI is InChI=1S/C15H18N2O3/c1-15(2,3)8-9-4-5-13(18)10(6-9)11-7-12(14(19)20)17-16-11/h4-7,18H,8H2,1-3H3,(H,16,17)(H,19,20). The number of aromatic nitrogens is 2. The Bertz CT molecular complexity index is 639. The molecule has 0 atom stereocenters. The van der Waals surface area contributed by atoms with Gasteiger partial charge in [-0.3, -0.25) is 5.10 Å². The van der Waals surface area contributed by atoms with Gasteiger partial charge in [-0.15, -0.1) is 0 Å². The third-order valence-corrected chi connectivity index (χ3v) is 2.88. The summed E-state index contributed by atoms with van der Waals surface area (Å²) in [5.74, 6) is -0.986. The number of H-pyrrole nitrogens is 1. The van der Waals surface area contributed by atoms with Gasteiger partial charge in [0.2, 0.25) is 0 Å². The van der Waals surface area contributed by atoms with Gasteiger partial charge in [0.15, 0.2) is 0 Å². The SMILES string of the molecule is CC(C)(C)Cc1ccc(O)c(-c2cc(C(=O)O)[nH]n2)c1. The molecule has 2 rings (SSSR count). The number of carbonyl (C=O) groups is 1. The zero-order valence-electron chi connectivity index (χ0n) is 11.8. The maximum absolute atomic E-state index is 10.9. The van der Waals surface area contributed by atoms with Crippen LogP contribution >= 0.6 is 0 Å². The third-order valence-electron chi connectivity index (χ3n) is 2.88. The Kier molecular flexibility index (Phi) is 3.53. The highest BCUT2D eigenvalue weighted by atomic mass is 16.4. The molecular formula is C15H18N2O3. The van der Waals surface area contributed by atoms with Gasteiger partial charge in [-0.25, -0.2) is 4.79 Å². The summed E-state index contributed by atoms with van der Waals surface area (Å²) in [4.78, 5) is 10.9. The van der Waals surface area contributed by atoms with Crippen LogP contribution in [0.25, 0.3) is 11.3 Å². The number of carboxylic acid groups (broad SMARTS) is 1. The molecule has 106 valence electrons. The van der Waals surface area contributed by atoms with E-state index in [1.165, 1.54) is 6.07 Å². The van der Waals surface area contributed by atoms with E-state index in [1.54, 1.807) is 6.07 Å². The quantitative estimate of drug-likeness (QED) is 0.802. The monoisotopic (exact) mass is 274 g/mol. The normalized spacial score (nSPS) is 11.6. The average Bonchev–Trinajstić information content (AvgIpc) is 2.79. The largest absolute Gasteiger partial charge is 0.507 e. The van der Waals surface area contributed by atoms with Crippen LogP contribution in [0.1, 0.15) is 36.8 Å². The van der Waals surface area contributed by atoms with E-state index in [1.807, 2.05) is 12.1 Å². The van der Waals surface area contributed by atoms with Gasteiger partial charge < -0.3 is 10.2 Å². The molecule has 1 aromatic heterocycles. The lowest BCUT2D eigenvalue weighted by molar-refractivity contribution is 0.0690. The van der Waals surface area contributed by atoms with E-state index in [0.29, 0.717) is 11.3 Å². The fourth-order valence-corrected chi connectivity index (χ4v) is 2.08. The first kappa shape index (κ1) is 14.1. The molecule has 0 aliphatic heterocycles. The minimum absolute atomic E-state index is 0.000578. The first-order valence-electron chi connectivity index (χ1n) is 6.37. The first-order valence-corrected chi connectivity index (χ1v) is 6.37. The van der Waals surface area contributed by atoms with Crippen molar-refractivity contribution in [3.63, 3.8) is 0 Å². The van der Waals surface area contributed by atoms with Crippen molar-refractivity contribution in [2.24, 2.45) is 5.41 Å². The van der Waals surface area contributed by atoms with Crippen LogP contribution in [0.15, 0.2) is 24.3 Å². The summed E-state index contributed by atoms with van der Waals surface area (Å²) >= 11 is 0. The lowest BCUT2D eigenvalue weighted by Crippen LogP contribution is -2.09. The number of aromatic hydroxyl groups is 1. The molecule has 0 amide bonds. The van der Waals surface area contributed by atoms with Gasteiger partial charge in [0, 0.05) is 5.56 Å². The molecule has 3 N–H and O–H groups in total. The molecular weight excluding hydrogens is 256 g/mol. The van der Waals surface area contributed by atoms with Gasteiger partial charge >= 0.3 is 5.97 Å². The van der Waals surface area contributed by atoms with Crippen molar-refractivity contribution >= 4 is 5.97 Å². The summed E-state index contributed by atoms with van der Waals surface area (Å²) in [6.45, 7) is 6.41. The van der Waals surface area contributed by atoms with E-state index in [9.17, 15) is 9.90 Å². The van der Waals surface area contributed by atoms with Crippen LogP contribution in [0, 0.1) is 5.41 Å².